The lowest BCUT2D eigenvalue weighted by Crippen LogP contribution is -1.93. The molecule has 0 aliphatic heterocycles. The molecule has 0 saturated carbocycles. The maximum atomic E-state index is 3.73. The van der Waals surface area contributed by atoms with Crippen LogP contribution in [0.4, 0.5) is 0 Å². The molecule has 0 bridgehead atoms. The number of aromatic nitrogens is 3. The zero-order valence-corrected chi connectivity index (χ0v) is 33.8. The summed E-state index contributed by atoms with van der Waals surface area (Å²) in [6.07, 6.45) is 7.01. The molecule has 0 amide bonds. The smallest absolute Gasteiger partial charge is 0.0541 e. The quantitative estimate of drug-likeness (QED) is 0.144. The second-order valence-electron chi connectivity index (χ2n) is 16.4. The van der Waals surface area contributed by atoms with Gasteiger partial charge < -0.3 is 14.1 Å². The van der Waals surface area contributed by atoms with Gasteiger partial charge in [0.1, 0.15) is 0 Å². The molecule has 3 aromatic heterocycles. The van der Waals surface area contributed by atoms with Crippen LogP contribution >= 0.6 is 0 Å². The Morgan fingerprint density at radius 2 is 0.712 bits per heavy atom. The molecule has 3 heterocycles. The van der Waals surface area contributed by atoms with Crippen molar-refractivity contribution in [2.75, 3.05) is 0 Å². The lowest BCUT2D eigenvalue weighted by molar-refractivity contribution is 0.796. The topological polar surface area (TPSA) is 25.6 Å². The lowest BCUT2D eigenvalue weighted by Gasteiger charge is -2.09. The van der Waals surface area contributed by atoms with Crippen LogP contribution in [0.1, 0.15) is 50.7 Å². The van der Waals surface area contributed by atoms with Crippen molar-refractivity contribution in [1.82, 2.24) is 14.1 Å². The molecule has 0 saturated heterocycles. The molecule has 0 unspecified atom stereocenters. The summed E-state index contributed by atoms with van der Waals surface area (Å²) in [5.74, 6) is 0. The standard InChI is InChI=1S/C56H47N3/c1-3-5-13-37-19-27-53-47(31-37)49-35-41(23-29-55(49)58(53)43-15-9-7-10-16-43)39-21-25-51-45(33-39)46-34-40(22-26-52(46)57-51)42-24-30-56-50(36-42)48-32-38(14-6-4-2)20-28-54(48)59(56)44-17-11-8-12-18-44/h7-12,15-36,57H,3-6,13-14H2,1-2H3. The predicted octanol–water partition coefficient (Wildman–Crippen LogP) is 15.5. The van der Waals surface area contributed by atoms with E-state index in [0.717, 1.165) is 23.9 Å². The number of hydrogen-bond donors (Lipinski definition) is 1. The Balaban J connectivity index is 1.03. The van der Waals surface area contributed by atoms with E-state index in [-0.39, 0.29) is 0 Å². The number of aromatic amines is 1. The van der Waals surface area contributed by atoms with Crippen LogP contribution < -0.4 is 0 Å². The average Bonchev–Trinajstić information content (AvgIpc) is 3.94. The number of aryl methyl sites for hydroxylation is 2. The third-order valence-electron chi connectivity index (χ3n) is 12.6. The number of benzene rings is 8. The van der Waals surface area contributed by atoms with Crippen molar-refractivity contribution in [2.45, 2.75) is 52.4 Å². The molecular weight excluding hydrogens is 715 g/mol. The molecular formula is C56H47N3. The second kappa shape index (κ2) is 14.5. The van der Waals surface area contributed by atoms with Gasteiger partial charge in [0, 0.05) is 54.7 Å². The fourth-order valence-corrected chi connectivity index (χ4v) is 9.54. The van der Waals surface area contributed by atoms with Gasteiger partial charge in [-0.2, -0.15) is 0 Å². The predicted molar refractivity (Wildman–Crippen MR) is 253 cm³/mol. The van der Waals surface area contributed by atoms with E-state index in [4.69, 9.17) is 0 Å². The van der Waals surface area contributed by atoms with E-state index >= 15 is 0 Å². The number of nitrogens with zero attached hydrogens (tertiary/aromatic N) is 2. The molecule has 3 nitrogen and oxygen atoms in total. The first kappa shape index (κ1) is 35.3. The van der Waals surface area contributed by atoms with Crippen LogP contribution in [0.3, 0.4) is 0 Å². The number of nitrogens with one attached hydrogen (secondary N) is 1. The van der Waals surface area contributed by atoms with Gasteiger partial charge >= 0.3 is 0 Å². The summed E-state index contributed by atoms with van der Waals surface area (Å²) >= 11 is 0. The molecule has 1 N–H and O–H groups in total. The van der Waals surface area contributed by atoms with Gasteiger partial charge in [-0.25, -0.2) is 0 Å². The summed E-state index contributed by atoms with van der Waals surface area (Å²) in [4.78, 5) is 3.73. The van der Waals surface area contributed by atoms with Gasteiger partial charge in [0.05, 0.1) is 22.1 Å². The van der Waals surface area contributed by atoms with E-state index in [2.05, 4.69) is 198 Å². The summed E-state index contributed by atoms with van der Waals surface area (Å²) in [6, 6.07) is 63.6. The van der Waals surface area contributed by atoms with Gasteiger partial charge in [0.25, 0.3) is 0 Å². The molecule has 0 fully saturated rings. The fourth-order valence-electron chi connectivity index (χ4n) is 9.54. The number of hydrogen-bond acceptors (Lipinski definition) is 0. The van der Waals surface area contributed by atoms with Crippen molar-refractivity contribution >= 4 is 65.4 Å². The van der Waals surface area contributed by atoms with Gasteiger partial charge in [0.15, 0.2) is 0 Å². The molecule has 0 atom stereocenters. The van der Waals surface area contributed by atoms with Crippen molar-refractivity contribution in [3.05, 3.63) is 181 Å². The maximum Gasteiger partial charge on any atom is 0.0541 e. The Morgan fingerprint density at radius 1 is 0.356 bits per heavy atom. The number of unbranched alkanes of at least 4 members (excludes halogenated alkanes) is 2. The van der Waals surface area contributed by atoms with E-state index in [1.165, 1.54) is 125 Å². The van der Waals surface area contributed by atoms with Gasteiger partial charge in [-0.15, -0.1) is 0 Å². The van der Waals surface area contributed by atoms with Crippen molar-refractivity contribution < 1.29 is 0 Å². The third-order valence-corrected chi connectivity index (χ3v) is 12.6. The molecule has 0 aliphatic carbocycles. The molecule has 11 aromatic rings. The van der Waals surface area contributed by atoms with Crippen molar-refractivity contribution in [3.8, 4) is 33.6 Å². The number of H-pyrrole nitrogens is 1. The number of para-hydroxylation sites is 2. The van der Waals surface area contributed by atoms with Crippen LogP contribution in [-0.2, 0) is 12.8 Å². The van der Waals surface area contributed by atoms with Gasteiger partial charge in [-0.3, -0.25) is 0 Å². The van der Waals surface area contributed by atoms with Crippen LogP contribution in [-0.4, -0.2) is 14.1 Å². The van der Waals surface area contributed by atoms with Crippen molar-refractivity contribution in [3.63, 3.8) is 0 Å². The minimum atomic E-state index is 1.11. The zero-order chi connectivity index (χ0) is 39.5. The first-order valence-electron chi connectivity index (χ1n) is 21.5. The van der Waals surface area contributed by atoms with Crippen LogP contribution in [0.25, 0.3) is 99.0 Å². The van der Waals surface area contributed by atoms with E-state index in [9.17, 15) is 0 Å². The maximum absolute atomic E-state index is 3.73. The first-order valence-corrected chi connectivity index (χ1v) is 21.5. The largest absolute Gasteiger partial charge is 0.355 e. The highest BCUT2D eigenvalue weighted by atomic mass is 15.0. The van der Waals surface area contributed by atoms with E-state index < -0.39 is 0 Å². The Kier molecular flexibility index (Phi) is 8.69. The second-order valence-corrected chi connectivity index (χ2v) is 16.4. The van der Waals surface area contributed by atoms with Gasteiger partial charge in [0.2, 0.25) is 0 Å². The Labute approximate surface area is 345 Å². The summed E-state index contributed by atoms with van der Waals surface area (Å²) in [5, 5.41) is 7.71. The average molecular weight is 762 g/mol. The Bertz CT molecular complexity index is 3120. The fraction of sp³-hybridized carbons (Fsp3) is 0.143. The lowest BCUT2D eigenvalue weighted by atomic mass is 9.98. The first-order chi connectivity index (χ1) is 29.1. The monoisotopic (exact) mass is 761 g/mol. The van der Waals surface area contributed by atoms with Gasteiger partial charge in [-0.05, 0) is 156 Å². The van der Waals surface area contributed by atoms with Crippen LogP contribution in [0, 0.1) is 0 Å². The molecule has 8 aromatic carbocycles. The molecule has 3 heteroatoms. The van der Waals surface area contributed by atoms with Crippen molar-refractivity contribution in [2.24, 2.45) is 0 Å². The minimum absolute atomic E-state index is 1.11. The van der Waals surface area contributed by atoms with E-state index in [1.54, 1.807) is 0 Å². The molecule has 286 valence electrons. The zero-order valence-electron chi connectivity index (χ0n) is 33.8. The highest BCUT2D eigenvalue weighted by Crippen LogP contribution is 2.40. The van der Waals surface area contributed by atoms with Crippen molar-refractivity contribution in [1.29, 1.82) is 0 Å². The minimum Gasteiger partial charge on any atom is -0.355 e. The molecule has 0 radical (unpaired) electrons. The normalized spacial score (nSPS) is 12.0. The summed E-state index contributed by atoms with van der Waals surface area (Å²) in [5.41, 5.74) is 17.4. The molecule has 0 spiro atoms. The van der Waals surface area contributed by atoms with E-state index in [1.807, 2.05) is 0 Å². The molecule has 0 aliphatic rings. The number of fused-ring (bicyclic) bond motifs is 9. The summed E-state index contributed by atoms with van der Waals surface area (Å²) in [7, 11) is 0. The van der Waals surface area contributed by atoms with Crippen LogP contribution in [0.2, 0.25) is 0 Å². The molecule has 59 heavy (non-hydrogen) atoms. The highest BCUT2D eigenvalue weighted by molar-refractivity contribution is 6.14. The van der Waals surface area contributed by atoms with Crippen LogP contribution in [0.5, 0.6) is 0 Å². The van der Waals surface area contributed by atoms with Crippen LogP contribution in [0.15, 0.2) is 170 Å². The summed E-state index contributed by atoms with van der Waals surface area (Å²) in [6.45, 7) is 4.54. The van der Waals surface area contributed by atoms with Gasteiger partial charge in [-0.1, -0.05) is 99.5 Å². The SMILES string of the molecule is CCCCc1ccc2c(c1)c1cc(-c3ccc4[nH]c5ccc(-c6ccc7c(c6)c6cc(CCCC)ccc6n7-c6ccccc6)cc5c4c3)ccc1n2-c1ccccc1. The Morgan fingerprint density at radius 3 is 1.12 bits per heavy atom. The molecule has 11 rings (SSSR count). The highest BCUT2D eigenvalue weighted by Gasteiger charge is 2.17. The van der Waals surface area contributed by atoms with E-state index in [0.29, 0.717) is 0 Å². The Hall–Kier alpha value is -6.84. The summed E-state index contributed by atoms with van der Waals surface area (Å²) < 4.78 is 4.84. The third kappa shape index (κ3) is 6.03. The number of rotatable bonds is 10.